The molecule has 0 radical (unpaired) electrons. The van der Waals surface area contributed by atoms with Crippen LogP contribution in [0, 0.1) is 12.8 Å². The number of hydrogen-bond donors (Lipinski definition) is 1. The molecule has 2 atom stereocenters. The molecule has 3 heteroatoms. The highest BCUT2D eigenvalue weighted by molar-refractivity contribution is 5.21. The second-order valence-corrected chi connectivity index (χ2v) is 4.45. The lowest BCUT2D eigenvalue weighted by atomic mass is 9.93. The average Bonchev–Trinajstić information content (AvgIpc) is 2.79. The van der Waals surface area contributed by atoms with Crippen molar-refractivity contribution in [2.75, 3.05) is 19.8 Å². The first-order valence-electron chi connectivity index (χ1n) is 6.04. The number of nitrogens with one attached hydrogen (secondary N) is 1. The minimum atomic E-state index is 0.389. The molecule has 1 saturated heterocycles. The second kappa shape index (κ2) is 5.41. The first kappa shape index (κ1) is 11.6. The van der Waals surface area contributed by atoms with Gasteiger partial charge in [0.2, 0.25) is 0 Å². The maximum absolute atomic E-state index is 5.48. The molecule has 2 unspecified atom stereocenters. The molecule has 1 N–H and O–H groups in total. The third-order valence-corrected chi connectivity index (χ3v) is 3.12. The molecule has 2 rings (SSSR count). The van der Waals surface area contributed by atoms with Crippen molar-refractivity contribution in [2.24, 2.45) is 5.92 Å². The number of hydrogen-bond acceptors (Lipinski definition) is 3. The molecule has 1 aromatic heterocycles. The average molecular weight is 220 g/mol. The molecule has 0 amide bonds. The van der Waals surface area contributed by atoms with Gasteiger partial charge in [-0.25, -0.2) is 0 Å². The Morgan fingerprint density at radius 3 is 3.06 bits per heavy atom. The molecule has 0 aromatic carbocycles. The molecular formula is C13H20N2O. The van der Waals surface area contributed by atoms with Crippen LogP contribution < -0.4 is 5.32 Å². The third kappa shape index (κ3) is 2.60. The van der Waals surface area contributed by atoms with Gasteiger partial charge in [0, 0.05) is 31.0 Å². The summed E-state index contributed by atoms with van der Waals surface area (Å²) in [5.74, 6) is 0.587. The fourth-order valence-electron chi connectivity index (χ4n) is 2.34. The minimum Gasteiger partial charge on any atom is -0.381 e. The first-order chi connectivity index (χ1) is 7.81. The van der Waals surface area contributed by atoms with Crippen LogP contribution >= 0.6 is 0 Å². The summed E-state index contributed by atoms with van der Waals surface area (Å²) in [4.78, 5) is 4.28. The van der Waals surface area contributed by atoms with Gasteiger partial charge >= 0.3 is 0 Å². The van der Waals surface area contributed by atoms with Crippen molar-refractivity contribution in [1.82, 2.24) is 10.3 Å². The van der Waals surface area contributed by atoms with E-state index in [4.69, 9.17) is 4.74 Å². The standard InChI is InChI=1S/C13H20N2O/c1-3-15-13(11-4-5-16-9-11)12-6-10(2)7-14-8-12/h6-8,11,13,15H,3-5,9H2,1-2H3. The van der Waals surface area contributed by atoms with Crippen molar-refractivity contribution >= 4 is 0 Å². The zero-order valence-corrected chi connectivity index (χ0v) is 10.1. The van der Waals surface area contributed by atoms with Crippen LogP contribution in [0.1, 0.15) is 30.5 Å². The fourth-order valence-corrected chi connectivity index (χ4v) is 2.34. The molecule has 2 heterocycles. The summed E-state index contributed by atoms with van der Waals surface area (Å²) in [6.07, 6.45) is 5.02. The van der Waals surface area contributed by atoms with Crippen LogP contribution in [0.25, 0.3) is 0 Å². The Balaban J connectivity index is 2.17. The van der Waals surface area contributed by atoms with E-state index in [1.54, 1.807) is 0 Å². The minimum absolute atomic E-state index is 0.389. The quantitative estimate of drug-likeness (QED) is 0.843. The summed E-state index contributed by atoms with van der Waals surface area (Å²) < 4.78 is 5.48. The number of rotatable bonds is 4. The Morgan fingerprint density at radius 1 is 1.56 bits per heavy atom. The zero-order chi connectivity index (χ0) is 11.4. The van der Waals surface area contributed by atoms with E-state index in [0.717, 1.165) is 26.2 Å². The van der Waals surface area contributed by atoms with Gasteiger partial charge in [-0.05, 0) is 31.0 Å². The largest absolute Gasteiger partial charge is 0.381 e. The SMILES string of the molecule is CCNC(c1cncc(C)c1)C1CCOC1. The predicted molar refractivity (Wildman–Crippen MR) is 64.3 cm³/mol. The lowest BCUT2D eigenvalue weighted by Gasteiger charge is -2.23. The van der Waals surface area contributed by atoms with E-state index >= 15 is 0 Å². The van der Waals surface area contributed by atoms with Crippen LogP contribution in [-0.2, 0) is 4.74 Å². The van der Waals surface area contributed by atoms with Gasteiger partial charge in [-0.3, -0.25) is 4.98 Å². The summed E-state index contributed by atoms with van der Waals surface area (Å²) in [6.45, 7) is 6.98. The van der Waals surface area contributed by atoms with Crippen LogP contribution in [0.15, 0.2) is 18.5 Å². The fraction of sp³-hybridized carbons (Fsp3) is 0.615. The zero-order valence-electron chi connectivity index (χ0n) is 10.1. The van der Waals surface area contributed by atoms with Gasteiger partial charge in [-0.15, -0.1) is 0 Å². The van der Waals surface area contributed by atoms with Crippen molar-refractivity contribution in [3.63, 3.8) is 0 Å². The van der Waals surface area contributed by atoms with Crippen LogP contribution in [0.5, 0.6) is 0 Å². The molecule has 1 aliphatic rings. The molecule has 0 bridgehead atoms. The van der Waals surface area contributed by atoms with E-state index in [0.29, 0.717) is 12.0 Å². The number of ether oxygens (including phenoxy) is 1. The molecular weight excluding hydrogens is 200 g/mol. The highest BCUT2D eigenvalue weighted by Gasteiger charge is 2.26. The van der Waals surface area contributed by atoms with Crippen LogP contribution in [0.3, 0.4) is 0 Å². The van der Waals surface area contributed by atoms with Gasteiger partial charge in [-0.2, -0.15) is 0 Å². The number of pyridine rings is 1. The Morgan fingerprint density at radius 2 is 2.44 bits per heavy atom. The number of aryl methyl sites for hydroxylation is 1. The lowest BCUT2D eigenvalue weighted by molar-refractivity contribution is 0.177. The van der Waals surface area contributed by atoms with Crippen LogP contribution in [0.4, 0.5) is 0 Å². The van der Waals surface area contributed by atoms with Crippen LogP contribution in [-0.4, -0.2) is 24.7 Å². The van der Waals surface area contributed by atoms with E-state index < -0.39 is 0 Å². The molecule has 0 saturated carbocycles. The molecule has 1 aromatic rings. The van der Waals surface area contributed by atoms with Crippen LogP contribution in [0.2, 0.25) is 0 Å². The van der Waals surface area contributed by atoms with Gasteiger partial charge in [0.05, 0.1) is 6.61 Å². The predicted octanol–water partition coefficient (Wildman–Crippen LogP) is 2.08. The van der Waals surface area contributed by atoms with Crippen molar-refractivity contribution in [2.45, 2.75) is 26.3 Å². The summed E-state index contributed by atoms with van der Waals surface area (Å²) in [7, 11) is 0. The van der Waals surface area contributed by atoms with Crippen molar-refractivity contribution in [3.8, 4) is 0 Å². The van der Waals surface area contributed by atoms with Crippen molar-refractivity contribution in [3.05, 3.63) is 29.6 Å². The van der Waals surface area contributed by atoms with Gasteiger partial charge in [-0.1, -0.05) is 13.0 Å². The number of nitrogens with zero attached hydrogens (tertiary/aromatic N) is 1. The molecule has 3 nitrogen and oxygen atoms in total. The first-order valence-corrected chi connectivity index (χ1v) is 6.04. The molecule has 16 heavy (non-hydrogen) atoms. The summed E-state index contributed by atoms with van der Waals surface area (Å²) in [6, 6.07) is 2.61. The lowest BCUT2D eigenvalue weighted by Crippen LogP contribution is -2.28. The van der Waals surface area contributed by atoms with Gasteiger partial charge in [0.1, 0.15) is 0 Å². The Labute approximate surface area is 97.2 Å². The molecule has 0 aliphatic carbocycles. The molecule has 88 valence electrons. The Kier molecular flexibility index (Phi) is 3.91. The van der Waals surface area contributed by atoms with Crippen molar-refractivity contribution in [1.29, 1.82) is 0 Å². The highest BCUT2D eigenvalue weighted by atomic mass is 16.5. The van der Waals surface area contributed by atoms with Crippen molar-refractivity contribution < 1.29 is 4.74 Å². The highest BCUT2D eigenvalue weighted by Crippen LogP contribution is 2.28. The third-order valence-electron chi connectivity index (χ3n) is 3.12. The van der Waals surface area contributed by atoms with E-state index in [-0.39, 0.29) is 0 Å². The molecule has 1 aliphatic heterocycles. The maximum Gasteiger partial charge on any atom is 0.0513 e. The summed E-state index contributed by atoms with van der Waals surface area (Å²) in [5.41, 5.74) is 2.51. The monoisotopic (exact) mass is 220 g/mol. The van der Waals surface area contributed by atoms with E-state index in [2.05, 4.69) is 30.2 Å². The molecule has 1 fully saturated rings. The van der Waals surface area contributed by atoms with Gasteiger partial charge in [0.25, 0.3) is 0 Å². The van der Waals surface area contributed by atoms with Gasteiger partial charge in [0.15, 0.2) is 0 Å². The smallest absolute Gasteiger partial charge is 0.0513 e. The summed E-state index contributed by atoms with van der Waals surface area (Å²) in [5, 5.41) is 3.55. The van der Waals surface area contributed by atoms with E-state index in [1.165, 1.54) is 11.1 Å². The Hall–Kier alpha value is -0.930. The number of aromatic nitrogens is 1. The van der Waals surface area contributed by atoms with E-state index in [1.807, 2.05) is 12.4 Å². The van der Waals surface area contributed by atoms with E-state index in [9.17, 15) is 0 Å². The topological polar surface area (TPSA) is 34.2 Å². The van der Waals surface area contributed by atoms with Gasteiger partial charge < -0.3 is 10.1 Å². The molecule has 0 spiro atoms. The normalized spacial score (nSPS) is 22.2. The Bertz CT molecular complexity index is 334. The second-order valence-electron chi connectivity index (χ2n) is 4.45. The summed E-state index contributed by atoms with van der Waals surface area (Å²) >= 11 is 0. The maximum atomic E-state index is 5.48.